The van der Waals surface area contributed by atoms with E-state index in [9.17, 15) is 9.59 Å². The monoisotopic (exact) mass is 227 g/mol. The summed E-state index contributed by atoms with van der Waals surface area (Å²) >= 11 is 0. The quantitative estimate of drug-likeness (QED) is 0.659. The SMILES string of the molecule is C=CCOC(=O)NC(CC1(C)N=N1)C(=O)O. The Labute approximate surface area is 92.2 Å². The Hall–Kier alpha value is -1.92. The molecule has 0 radical (unpaired) electrons. The number of carboxylic acids is 1. The van der Waals surface area contributed by atoms with Gasteiger partial charge >= 0.3 is 12.1 Å². The number of ether oxygens (including phenoxy) is 1. The maximum Gasteiger partial charge on any atom is 0.408 e. The van der Waals surface area contributed by atoms with Crippen LogP contribution >= 0.6 is 0 Å². The molecule has 0 bridgehead atoms. The zero-order valence-electron chi connectivity index (χ0n) is 8.84. The maximum absolute atomic E-state index is 11.1. The Morgan fingerprint density at radius 2 is 2.25 bits per heavy atom. The average molecular weight is 227 g/mol. The summed E-state index contributed by atoms with van der Waals surface area (Å²) in [5, 5.41) is 18.4. The number of hydrogen-bond donors (Lipinski definition) is 2. The van der Waals surface area contributed by atoms with Gasteiger partial charge in [0.05, 0.1) is 0 Å². The van der Waals surface area contributed by atoms with Crippen molar-refractivity contribution in [3.05, 3.63) is 12.7 Å². The van der Waals surface area contributed by atoms with Crippen LogP contribution in [0.2, 0.25) is 0 Å². The molecule has 1 heterocycles. The van der Waals surface area contributed by atoms with E-state index >= 15 is 0 Å². The second kappa shape index (κ2) is 4.73. The number of aliphatic carboxylic acids is 1. The fourth-order valence-electron chi connectivity index (χ4n) is 1.07. The molecule has 7 heteroatoms. The first-order chi connectivity index (χ1) is 7.47. The number of carboxylic acid groups (broad SMARTS) is 1. The van der Waals surface area contributed by atoms with Crippen LogP contribution < -0.4 is 5.32 Å². The van der Waals surface area contributed by atoms with Gasteiger partial charge in [-0.25, -0.2) is 9.59 Å². The van der Waals surface area contributed by atoms with Crippen molar-refractivity contribution in [1.82, 2.24) is 5.32 Å². The molecule has 0 saturated carbocycles. The Bertz CT molecular complexity index is 334. The summed E-state index contributed by atoms with van der Waals surface area (Å²) in [6, 6.07) is -1.06. The molecule has 7 nitrogen and oxygen atoms in total. The van der Waals surface area contributed by atoms with Gasteiger partial charge in [0.25, 0.3) is 0 Å². The van der Waals surface area contributed by atoms with E-state index in [-0.39, 0.29) is 13.0 Å². The first kappa shape index (κ1) is 12.2. The highest BCUT2D eigenvalue weighted by Crippen LogP contribution is 2.32. The number of amides is 1. The third-order valence-corrected chi connectivity index (χ3v) is 1.95. The van der Waals surface area contributed by atoms with Gasteiger partial charge in [0.1, 0.15) is 12.6 Å². The molecular weight excluding hydrogens is 214 g/mol. The highest BCUT2D eigenvalue weighted by atomic mass is 16.5. The number of carbonyl (C=O) groups is 2. The van der Waals surface area contributed by atoms with Crippen LogP contribution in [0.15, 0.2) is 22.9 Å². The summed E-state index contributed by atoms with van der Waals surface area (Å²) in [5.74, 6) is -1.14. The van der Waals surface area contributed by atoms with Crippen molar-refractivity contribution in [3.8, 4) is 0 Å². The largest absolute Gasteiger partial charge is 0.480 e. The molecule has 1 aliphatic heterocycles. The van der Waals surface area contributed by atoms with Crippen molar-refractivity contribution in [2.75, 3.05) is 6.61 Å². The zero-order valence-corrected chi connectivity index (χ0v) is 8.84. The van der Waals surface area contributed by atoms with Crippen molar-refractivity contribution < 1.29 is 19.4 Å². The van der Waals surface area contributed by atoms with E-state index in [4.69, 9.17) is 5.11 Å². The van der Waals surface area contributed by atoms with Crippen molar-refractivity contribution in [2.45, 2.75) is 25.0 Å². The first-order valence-corrected chi connectivity index (χ1v) is 4.68. The summed E-state index contributed by atoms with van der Waals surface area (Å²) < 4.78 is 4.61. The fourth-order valence-corrected chi connectivity index (χ4v) is 1.07. The molecule has 1 aliphatic rings. The summed E-state index contributed by atoms with van der Waals surface area (Å²) in [6.07, 6.45) is 0.713. The van der Waals surface area contributed by atoms with Crippen LogP contribution in [0.5, 0.6) is 0 Å². The summed E-state index contributed by atoms with van der Waals surface area (Å²) in [5.41, 5.74) is -0.686. The predicted octanol–water partition coefficient (Wildman–Crippen LogP) is 0.924. The summed E-state index contributed by atoms with van der Waals surface area (Å²) in [4.78, 5) is 22.0. The van der Waals surface area contributed by atoms with E-state index in [0.29, 0.717) is 0 Å². The molecule has 0 spiro atoms. The van der Waals surface area contributed by atoms with Gasteiger partial charge in [-0.15, -0.1) is 0 Å². The molecule has 0 aromatic heterocycles. The van der Waals surface area contributed by atoms with E-state index in [2.05, 4.69) is 26.9 Å². The molecule has 1 atom stereocenters. The molecular formula is C9H13N3O4. The van der Waals surface area contributed by atoms with Crippen molar-refractivity contribution >= 4 is 12.1 Å². The number of hydrogen-bond acceptors (Lipinski definition) is 5. The molecule has 0 aromatic carbocycles. The van der Waals surface area contributed by atoms with Gasteiger partial charge in [-0.3, -0.25) is 0 Å². The Balaban J connectivity index is 2.41. The minimum absolute atomic E-state index is 0.0319. The summed E-state index contributed by atoms with van der Waals surface area (Å²) in [7, 11) is 0. The van der Waals surface area contributed by atoms with E-state index in [0.717, 1.165) is 0 Å². The number of rotatable bonds is 6. The topological polar surface area (TPSA) is 100 Å². The molecule has 1 rings (SSSR count). The van der Waals surface area contributed by atoms with E-state index in [1.54, 1.807) is 6.92 Å². The normalized spacial score (nSPS) is 17.3. The molecule has 88 valence electrons. The van der Waals surface area contributed by atoms with Crippen molar-refractivity contribution in [1.29, 1.82) is 0 Å². The van der Waals surface area contributed by atoms with E-state index in [1.807, 2.05) is 0 Å². The lowest BCUT2D eigenvalue weighted by atomic mass is 10.1. The van der Waals surface area contributed by atoms with Gasteiger partial charge in [0.2, 0.25) is 0 Å². The lowest BCUT2D eigenvalue weighted by Gasteiger charge is -2.15. The smallest absolute Gasteiger partial charge is 0.408 e. The average Bonchev–Trinajstić information content (AvgIpc) is 2.92. The Morgan fingerprint density at radius 1 is 1.62 bits per heavy atom. The molecule has 0 fully saturated rings. The number of nitrogens with one attached hydrogen (secondary N) is 1. The lowest BCUT2D eigenvalue weighted by molar-refractivity contribution is -0.139. The number of alkyl carbamates (subject to hydrolysis) is 1. The Morgan fingerprint density at radius 3 is 2.69 bits per heavy atom. The molecule has 1 unspecified atom stereocenters. The van der Waals surface area contributed by atoms with Gasteiger partial charge in [0.15, 0.2) is 5.66 Å². The standard InChI is InChI=1S/C9H13N3O4/c1-3-4-16-8(15)10-6(7(13)14)5-9(2)11-12-9/h3,6H,1,4-5H2,2H3,(H,10,15)(H,13,14). The second-order valence-electron chi connectivity index (χ2n) is 3.54. The van der Waals surface area contributed by atoms with Crippen LogP contribution in [0, 0.1) is 0 Å². The van der Waals surface area contributed by atoms with Gasteiger partial charge in [0, 0.05) is 6.42 Å². The van der Waals surface area contributed by atoms with Gasteiger partial charge in [-0.05, 0) is 6.92 Å². The van der Waals surface area contributed by atoms with E-state index < -0.39 is 23.8 Å². The van der Waals surface area contributed by atoms with E-state index in [1.165, 1.54) is 6.08 Å². The van der Waals surface area contributed by atoms with Crippen LogP contribution in [0.3, 0.4) is 0 Å². The van der Waals surface area contributed by atoms with Crippen molar-refractivity contribution in [2.24, 2.45) is 10.2 Å². The van der Waals surface area contributed by atoms with Crippen LogP contribution in [-0.2, 0) is 9.53 Å². The lowest BCUT2D eigenvalue weighted by Crippen LogP contribution is -2.43. The molecule has 0 saturated heterocycles. The van der Waals surface area contributed by atoms with Crippen LogP contribution in [-0.4, -0.2) is 35.5 Å². The molecule has 0 aliphatic carbocycles. The van der Waals surface area contributed by atoms with Crippen molar-refractivity contribution in [3.63, 3.8) is 0 Å². The van der Waals surface area contributed by atoms with Gasteiger partial charge in [-0.2, -0.15) is 10.2 Å². The molecule has 0 aromatic rings. The predicted molar refractivity (Wildman–Crippen MR) is 54.0 cm³/mol. The van der Waals surface area contributed by atoms with Crippen LogP contribution in [0.1, 0.15) is 13.3 Å². The molecule has 2 N–H and O–H groups in total. The van der Waals surface area contributed by atoms with Gasteiger partial charge < -0.3 is 15.2 Å². The van der Waals surface area contributed by atoms with Gasteiger partial charge in [-0.1, -0.05) is 12.7 Å². The van der Waals surface area contributed by atoms with Crippen LogP contribution in [0.4, 0.5) is 4.79 Å². The fraction of sp³-hybridized carbons (Fsp3) is 0.556. The summed E-state index contributed by atoms with van der Waals surface area (Å²) in [6.45, 7) is 5.08. The minimum Gasteiger partial charge on any atom is -0.480 e. The molecule has 16 heavy (non-hydrogen) atoms. The first-order valence-electron chi connectivity index (χ1n) is 4.68. The maximum atomic E-state index is 11.1. The van der Waals surface area contributed by atoms with Crippen LogP contribution in [0.25, 0.3) is 0 Å². The second-order valence-corrected chi connectivity index (χ2v) is 3.54. The minimum atomic E-state index is -1.14. The number of carbonyl (C=O) groups excluding carboxylic acids is 1. The highest BCUT2D eigenvalue weighted by Gasteiger charge is 2.39. The third kappa shape index (κ3) is 3.68. The third-order valence-electron chi connectivity index (χ3n) is 1.95. The molecule has 1 amide bonds. The number of nitrogens with zero attached hydrogens (tertiary/aromatic N) is 2. The Kier molecular flexibility index (Phi) is 3.60. The zero-order chi connectivity index (χ0) is 12.2. The highest BCUT2D eigenvalue weighted by molar-refractivity contribution is 5.80.